The summed E-state index contributed by atoms with van der Waals surface area (Å²) in [5.74, 6) is 1.24. The second-order valence-corrected chi connectivity index (χ2v) is 5.59. The molecule has 0 saturated carbocycles. The van der Waals surface area contributed by atoms with Crippen LogP contribution in [0.2, 0.25) is 0 Å². The van der Waals surface area contributed by atoms with E-state index in [1.165, 1.54) is 6.33 Å². The molecule has 2 amide bonds. The van der Waals surface area contributed by atoms with Crippen LogP contribution in [0.3, 0.4) is 0 Å². The highest BCUT2D eigenvalue weighted by molar-refractivity contribution is 5.91. The molecular formula is C14H16N8O. The summed E-state index contributed by atoms with van der Waals surface area (Å²) in [6, 6.07) is 5.36. The Labute approximate surface area is 131 Å². The molecule has 1 aromatic carbocycles. The van der Waals surface area contributed by atoms with E-state index in [4.69, 9.17) is 0 Å². The Hall–Kier alpha value is -2.97. The molecule has 9 nitrogen and oxygen atoms in total. The normalized spacial score (nSPS) is 15.9. The number of aromatic nitrogens is 6. The van der Waals surface area contributed by atoms with E-state index in [1.54, 1.807) is 6.07 Å². The van der Waals surface area contributed by atoms with E-state index in [0.29, 0.717) is 24.7 Å². The Kier molecular flexibility index (Phi) is 3.37. The summed E-state index contributed by atoms with van der Waals surface area (Å²) >= 11 is 0. The van der Waals surface area contributed by atoms with Crippen LogP contribution in [0.25, 0.3) is 11.0 Å². The fraction of sp³-hybridized carbons (Fsp3) is 0.357. The first-order valence-electron chi connectivity index (χ1n) is 7.51. The van der Waals surface area contributed by atoms with E-state index in [-0.39, 0.29) is 6.03 Å². The summed E-state index contributed by atoms with van der Waals surface area (Å²) in [6.07, 6.45) is 3.28. The van der Waals surface area contributed by atoms with Gasteiger partial charge in [-0.25, -0.2) is 9.78 Å². The molecule has 0 spiro atoms. The Bertz CT molecular complexity index is 803. The molecule has 1 aliphatic rings. The lowest BCUT2D eigenvalue weighted by Gasteiger charge is -2.31. The van der Waals surface area contributed by atoms with Crippen LogP contribution < -0.4 is 5.32 Å². The van der Waals surface area contributed by atoms with Crippen molar-refractivity contribution in [1.82, 2.24) is 35.5 Å². The number of fused-ring (bicyclic) bond motifs is 1. The molecule has 0 aliphatic carbocycles. The zero-order valence-corrected chi connectivity index (χ0v) is 12.4. The number of urea groups is 1. The van der Waals surface area contributed by atoms with Crippen LogP contribution in [0.1, 0.15) is 24.6 Å². The van der Waals surface area contributed by atoms with E-state index >= 15 is 0 Å². The van der Waals surface area contributed by atoms with Gasteiger partial charge in [-0.05, 0) is 31.0 Å². The van der Waals surface area contributed by atoms with Gasteiger partial charge < -0.3 is 10.2 Å². The predicted molar refractivity (Wildman–Crippen MR) is 82.8 cm³/mol. The number of hydrogen-bond acceptors (Lipinski definition) is 5. The molecule has 9 heteroatoms. The Morgan fingerprint density at radius 2 is 2.04 bits per heavy atom. The van der Waals surface area contributed by atoms with Crippen LogP contribution in [0.15, 0.2) is 24.5 Å². The highest BCUT2D eigenvalue weighted by Crippen LogP contribution is 2.25. The van der Waals surface area contributed by atoms with Crippen molar-refractivity contribution in [1.29, 1.82) is 0 Å². The van der Waals surface area contributed by atoms with Gasteiger partial charge in [0, 0.05) is 24.7 Å². The quantitative estimate of drug-likeness (QED) is 0.663. The number of carbonyl (C=O) groups is 1. The number of hydrogen-bond donors (Lipinski definition) is 3. The van der Waals surface area contributed by atoms with Crippen LogP contribution in [0.4, 0.5) is 10.5 Å². The third-order valence-corrected chi connectivity index (χ3v) is 4.17. The minimum Gasteiger partial charge on any atom is -0.324 e. The molecule has 0 radical (unpaired) electrons. The smallest absolute Gasteiger partial charge is 0.321 e. The lowest BCUT2D eigenvalue weighted by atomic mass is 9.96. The van der Waals surface area contributed by atoms with E-state index in [1.807, 2.05) is 17.0 Å². The lowest BCUT2D eigenvalue weighted by molar-refractivity contribution is 0.193. The van der Waals surface area contributed by atoms with Gasteiger partial charge in [0.1, 0.15) is 23.2 Å². The number of likely N-dealkylation sites (tertiary alicyclic amines) is 1. The van der Waals surface area contributed by atoms with Crippen LogP contribution in [-0.2, 0) is 0 Å². The summed E-state index contributed by atoms with van der Waals surface area (Å²) in [5, 5.41) is 20.3. The SMILES string of the molecule is O=C(Nc1ccc2n[nH]nc2c1)N1CCC(c2ncn[nH]2)CC1. The molecular weight excluding hydrogens is 296 g/mol. The highest BCUT2D eigenvalue weighted by atomic mass is 16.2. The lowest BCUT2D eigenvalue weighted by Crippen LogP contribution is -2.40. The summed E-state index contributed by atoms with van der Waals surface area (Å²) < 4.78 is 0. The maximum absolute atomic E-state index is 12.4. The molecule has 0 unspecified atom stereocenters. The summed E-state index contributed by atoms with van der Waals surface area (Å²) in [5.41, 5.74) is 2.22. The summed E-state index contributed by atoms with van der Waals surface area (Å²) in [4.78, 5) is 18.4. The third kappa shape index (κ3) is 2.72. The minimum absolute atomic E-state index is 0.0936. The molecule has 0 bridgehead atoms. The first-order valence-corrected chi connectivity index (χ1v) is 7.51. The number of benzene rings is 1. The van der Waals surface area contributed by atoms with Crippen molar-refractivity contribution in [2.45, 2.75) is 18.8 Å². The maximum atomic E-state index is 12.4. The minimum atomic E-state index is -0.0936. The second-order valence-electron chi connectivity index (χ2n) is 5.59. The molecule has 2 aromatic heterocycles. The molecule has 3 heterocycles. The number of carbonyl (C=O) groups excluding carboxylic acids is 1. The summed E-state index contributed by atoms with van der Waals surface area (Å²) in [6.45, 7) is 1.40. The number of anilines is 1. The standard InChI is InChI=1S/C14H16N8O/c23-14(17-10-1-2-11-12(7-10)19-21-18-11)22-5-3-9(4-6-22)13-15-8-16-20-13/h1-2,7-9H,3-6H2,(H,17,23)(H,15,16,20)(H,18,19,21). The van der Waals surface area contributed by atoms with Gasteiger partial charge in [0.15, 0.2) is 0 Å². The highest BCUT2D eigenvalue weighted by Gasteiger charge is 2.25. The Morgan fingerprint density at radius 3 is 2.83 bits per heavy atom. The number of aromatic amines is 2. The average molecular weight is 312 g/mol. The van der Waals surface area contributed by atoms with Gasteiger partial charge in [0.25, 0.3) is 0 Å². The van der Waals surface area contributed by atoms with Crippen molar-refractivity contribution < 1.29 is 4.79 Å². The van der Waals surface area contributed by atoms with Gasteiger partial charge >= 0.3 is 6.03 Å². The molecule has 3 aromatic rings. The topological polar surface area (TPSA) is 115 Å². The Balaban J connectivity index is 1.38. The molecule has 1 fully saturated rings. The first kappa shape index (κ1) is 13.7. The largest absolute Gasteiger partial charge is 0.324 e. The fourth-order valence-electron chi connectivity index (χ4n) is 2.89. The molecule has 1 aliphatic heterocycles. The summed E-state index contributed by atoms with van der Waals surface area (Å²) in [7, 11) is 0. The number of H-pyrrole nitrogens is 2. The van der Waals surface area contributed by atoms with E-state index < -0.39 is 0 Å². The number of rotatable bonds is 2. The Morgan fingerprint density at radius 1 is 1.22 bits per heavy atom. The van der Waals surface area contributed by atoms with Gasteiger partial charge in [0.2, 0.25) is 0 Å². The van der Waals surface area contributed by atoms with Crippen molar-refractivity contribution in [2.24, 2.45) is 0 Å². The molecule has 118 valence electrons. The predicted octanol–water partition coefficient (Wildman–Crippen LogP) is 1.49. The van der Waals surface area contributed by atoms with Crippen LogP contribution >= 0.6 is 0 Å². The van der Waals surface area contributed by atoms with Crippen molar-refractivity contribution in [3.8, 4) is 0 Å². The molecule has 3 N–H and O–H groups in total. The zero-order valence-electron chi connectivity index (χ0n) is 12.4. The van der Waals surface area contributed by atoms with Crippen molar-refractivity contribution >= 4 is 22.8 Å². The third-order valence-electron chi connectivity index (χ3n) is 4.17. The van der Waals surface area contributed by atoms with Crippen LogP contribution in [0.5, 0.6) is 0 Å². The van der Waals surface area contributed by atoms with Crippen molar-refractivity contribution in [2.75, 3.05) is 18.4 Å². The second kappa shape index (κ2) is 5.67. The molecule has 23 heavy (non-hydrogen) atoms. The number of piperidine rings is 1. The molecule has 0 atom stereocenters. The van der Waals surface area contributed by atoms with Gasteiger partial charge in [-0.3, -0.25) is 5.10 Å². The van der Waals surface area contributed by atoms with E-state index in [0.717, 1.165) is 29.7 Å². The van der Waals surface area contributed by atoms with Crippen molar-refractivity contribution in [3.63, 3.8) is 0 Å². The van der Waals surface area contributed by atoms with Crippen LogP contribution in [0, 0.1) is 0 Å². The van der Waals surface area contributed by atoms with E-state index in [2.05, 4.69) is 35.9 Å². The van der Waals surface area contributed by atoms with Gasteiger partial charge in [-0.15, -0.1) is 0 Å². The number of amides is 2. The monoisotopic (exact) mass is 312 g/mol. The molecule has 4 rings (SSSR count). The van der Waals surface area contributed by atoms with Crippen molar-refractivity contribution in [3.05, 3.63) is 30.4 Å². The molecule has 1 saturated heterocycles. The van der Waals surface area contributed by atoms with Crippen LogP contribution in [-0.4, -0.2) is 54.6 Å². The zero-order chi connectivity index (χ0) is 15.6. The van der Waals surface area contributed by atoms with Gasteiger partial charge in [0.05, 0.1) is 0 Å². The first-order chi connectivity index (χ1) is 11.3. The van der Waals surface area contributed by atoms with E-state index in [9.17, 15) is 4.79 Å². The fourth-order valence-corrected chi connectivity index (χ4v) is 2.89. The number of nitrogens with zero attached hydrogens (tertiary/aromatic N) is 5. The maximum Gasteiger partial charge on any atom is 0.321 e. The number of nitrogens with one attached hydrogen (secondary N) is 3. The van der Waals surface area contributed by atoms with Gasteiger partial charge in [-0.1, -0.05) is 0 Å². The van der Waals surface area contributed by atoms with Gasteiger partial charge in [-0.2, -0.15) is 20.5 Å². The average Bonchev–Trinajstić information content (AvgIpc) is 3.26.